The highest BCUT2D eigenvalue weighted by atomic mass is 32.1. The van der Waals surface area contributed by atoms with Crippen molar-refractivity contribution in [3.63, 3.8) is 0 Å². The molecular formula is C11H23NO2S. The summed E-state index contributed by atoms with van der Waals surface area (Å²) in [5, 5.41) is 0. The molecule has 0 bridgehead atoms. The van der Waals surface area contributed by atoms with Crippen molar-refractivity contribution in [1.29, 1.82) is 0 Å². The van der Waals surface area contributed by atoms with Crippen molar-refractivity contribution in [2.75, 3.05) is 12.4 Å². The molecule has 15 heavy (non-hydrogen) atoms. The average molecular weight is 233 g/mol. The van der Waals surface area contributed by atoms with E-state index >= 15 is 0 Å². The Hall–Kier alpha value is -0.220. The van der Waals surface area contributed by atoms with Crippen LogP contribution in [0.2, 0.25) is 0 Å². The number of hydrogen-bond acceptors (Lipinski definition) is 4. The maximum atomic E-state index is 11.1. The first-order chi connectivity index (χ1) is 7.22. The van der Waals surface area contributed by atoms with Crippen LogP contribution in [0.3, 0.4) is 0 Å². The molecule has 0 fully saturated rings. The molecule has 4 heteroatoms. The molecular weight excluding hydrogens is 210 g/mol. The molecule has 0 rings (SSSR count). The molecule has 0 aliphatic rings. The zero-order chi connectivity index (χ0) is 11.5. The van der Waals surface area contributed by atoms with Crippen molar-refractivity contribution < 1.29 is 9.53 Å². The van der Waals surface area contributed by atoms with E-state index in [0.29, 0.717) is 12.4 Å². The number of nitrogens with two attached hydrogens (primary N) is 1. The molecule has 0 aromatic carbocycles. The SMILES string of the molecule is CCCCCCCCOC(=O)[C@H](N)CS. The van der Waals surface area contributed by atoms with Crippen molar-refractivity contribution in [3.8, 4) is 0 Å². The minimum absolute atomic E-state index is 0.335. The molecule has 0 spiro atoms. The molecule has 0 aromatic heterocycles. The van der Waals surface area contributed by atoms with Gasteiger partial charge in [-0.25, -0.2) is 0 Å². The molecule has 0 saturated carbocycles. The van der Waals surface area contributed by atoms with Crippen LogP contribution in [0.15, 0.2) is 0 Å². The Labute approximate surface area is 98.2 Å². The number of hydrogen-bond donors (Lipinski definition) is 2. The van der Waals surface area contributed by atoms with Crippen LogP contribution in [-0.4, -0.2) is 24.4 Å². The van der Waals surface area contributed by atoms with Crippen molar-refractivity contribution >= 4 is 18.6 Å². The van der Waals surface area contributed by atoms with Crippen molar-refractivity contribution in [2.24, 2.45) is 5.73 Å². The summed E-state index contributed by atoms with van der Waals surface area (Å²) in [6.07, 6.45) is 7.12. The Morgan fingerprint density at radius 2 is 1.87 bits per heavy atom. The Balaban J connectivity index is 3.20. The Bertz CT molecular complexity index is 165. The van der Waals surface area contributed by atoms with Gasteiger partial charge in [0.25, 0.3) is 0 Å². The quantitative estimate of drug-likeness (QED) is 0.364. The van der Waals surface area contributed by atoms with Crippen LogP contribution in [0, 0.1) is 0 Å². The topological polar surface area (TPSA) is 52.3 Å². The first-order valence-corrected chi connectivity index (χ1v) is 6.38. The maximum absolute atomic E-state index is 11.1. The lowest BCUT2D eigenvalue weighted by atomic mass is 10.1. The molecule has 0 radical (unpaired) electrons. The highest BCUT2D eigenvalue weighted by molar-refractivity contribution is 7.80. The molecule has 0 heterocycles. The Morgan fingerprint density at radius 1 is 1.27 bits per heavy atom. The van der Waals surface area contributed by atoms with E-state index < -0.39 is 6.04 Å². The van der Waals surface area contributed by atoms with E-state index in [1.165, 1.54) is 25.7 Å². The summed E-state index contributed by atoms with van der Waals surface area (Å²) in [4.78, 5) is 11.1. The zero-order valence-corrected chi connectivity index (χ0v) is 10.5. The lowest BCUT2D eigenvalue weighted by Crippen LogP contribution is -2.34. The highest BCUT2D eigenvalue weighted by Crippen LogP contribution is 2.05. The summed E-state index contributed by atoms with van der Waals surface area (Å²) in [5.41, 5.74) is 5.45. The van der Waals surface area contributed by atoms with Gasteiger partial charge in [-0.1, -0.05) is 39.0 Å². The van der Waals surface area contributed by atoms with E-state index in [9.17, 15) is 4.79 Å². The van der Waals surface area contributed by atoms with E-state index in [4.69, 9.17) is 10.5 Å². The van der Waals surface area contributed by atoms with Gasteiger partial charge in [0.05, 0.1) is 6.61 Å². The molecule has 0 unspecified atom stereocenters. The smallest absolute Gasteiger partial charge is 0.323 e. The van der Waals surface area contributed by atoms with Gasteiger partial charge in [0, 0.05) is 5.75 Å². The number of carbonyl (C=O) groups is 1. The van der Waals surface area contributed by atoms with E-state index in [-0.39, 0.29) is 5.97 Å². The molecule has 0 aliphatic carbocycles. The molecule has 1 atom stereocenters. The van der Waals surface area contributed by atoms with E-state index in [1.807, 2.05) is 0 Å². The number of unbranched alkanes of at least 4 members (excludes halogenated alkanes) is 5. The highest BCUT2D eigenvalue weighted by Gasteiger charge is 2.11. The van der Waals surface area contributed by atoms with E-state index in [1.54, 1.807) is 0 Å². The first-order valence-electron chi connectivity index (χ1n) is 5.75. The zero-order valence-electron chi connectivity index (χ0n) is 9.58. The third kappa shape index (κ3) is 8.75. The monoisotopic (exact) mass is 233 g/mol. The molecule has 0 aromatic rings. The van der Waals surface area contributed by atoms with Crippen LogP contribution < -0.4 is 5.73 Å². The second kappa shape index (κ2) is 10.3. The number of carbonyl (C=O) groups excluding carboxylic acids is 1. The molecule has 2 N–H and O–H groups in total. The van der Waals surface area contributed by atoms with Gasteiger partial charge in [-0.2, -0.15) is 12.6 Å². The van der Waals surface area contributed by atoms with Gasteiger partial charge in [0.15, 0.2) is 0 Å². The number of thiol groups is 1. The maximum Gasteiger partial charge on any atom is 0.323 e. The minimum atomic E-state index is -0.576. The van der Waals surface area contributed by atoms with Crippen LogP contribution in [0.4, 0.5) is 0 Å². The first kappa shape index (κ1) is 14.8. The molecule has 90 valence electrons. The fourth-order valence-electron chi connectivity index (χ4n) is 1.24. The van der Waals surface area contributed by atoms with Crippen molar-refractivity contribution in [1.82, 2.24) is 0 Å². The van der Waals surface area contributed by atoms with Crippen LogP contribution in [0.1, 0.15) is 45.4 Å². The van der Waals surface area contributed by atoms with Crippen molar-refractivity contribution in [3.05, 3.63) is 0 Å². The summed E-state index contributed by atoms with van der Waals surface area (Å²) in [5.74, 6) is 0.00792. The summed E-state index contributed by atoms with van der Waals surface area (Å²) in [6, 6.07) is -0.576. The number of esters is 1. The standard InChI is InChI=1S/C11H23NO2S/c1-2-3-4-5-6-7-8-14-11(13)10(12)9-15/h10,15H,2-9,12H2,1H3/t10-/m1/s1. The Morgan fingerprint density at radius 3 is 2.47 bits per heavy atom. The normalized spacial score (nSPS) is 12.5. The van der Waals surface area contributed by atoms with Crippen LogP contribution in [0.25, 0.3) is 0 Å². The third-order valence-corrected chi connectivity index (χ3v) is 2.64. The van der Waals surface area contributed by atoms with Crippen LogP contribution in [0.5, 0.6) is 0 Å². The minimum Gasteiger partial charge on any atom is -0.465 e. The number of ether oxygens (including phenoxy) is 1. The van der Waals surface area contributed by atoms with Gasteiger partial charge < -0.3 is 10.5 Å². The fraction of sp³-hybridized carbons (Fsp3) is 0.909. The van der Waals surface area contributed by atoms with Gasteiger partial charge in [0.2, 0.25) is 0 Å². The van der Waals surface area contributed by atoms with Gasteiger partial charge >= 0.3 is 5.97 Å². The average Bonchev–Trinajstić information content (AvgIpc) is 2.26. The molecule has 0 amide bonds. The summed E-state index contributed by atoms with van der Waals surface area (Å²) >= 11 is 3.93. The second-order valence-corrected chi connectivity index (χ2v) is 4.09. The van der Waals surface area contributed by atoms with Gasteiger partial charge in [0.1, 0.15) is 6.04 Å². The molecule has 3 nitrogen and oxygen atoms in total. The van der Waals surface area contributed by atoms with E-state index in [0.717, 1.165) is 12.8 Å². The van der Waals surface area contributed by atoms with Gasteiger partial charge in [-0.05, 0) is 6.42 Å². The fourth-order valence-corrected chi connectivity index (χ4v) is 1.39. The van der Waals surface area contributed by atoms with Crippen LogP contribution >= 0.6 is 12.6 Å². The van der Waals surface area contributed by atoms with Gasteiger partial charge in [-0.3, -0.25) is 4.79 Å². The third-order valence-electron chi connectivity index (χ3n) is 2.24. The predicted molar refractivity (Wildman–Crippen MR) is 66.2 cm³/mol. The summed E-state index contributed by atoms with van der Waals surface area (Å²) in [6.45, 7) is 2.69. The summed E-state index contributed by atoms with van der Waals surface area (Å²) < 4.78 is 4.99. The van der Waals surface area contributed by atoms with Crippen molar-refractivity contribution in [2.45, 2.75) is 51.5 Å². The second-order valence-electron chi connectivity index (χ2n) is 3.72. The number of rotatable bonds is 9. The molecule has 0 saturated heterocycles. The van der Waals surface area contributed by atoms with E-state index in [2.05, 4.69) is 19.6 Å². The molecule has 0 aliphatic heterocycles. The summed E-state index contributed by atoms with van der Waals surface area (Å²) in [7, 11) is 0. The lowest BCUT2D eigenvalue weighted by molar-refractivity contribution is -0.144. The Kier molecular flexibility index (Phi) is 10.2. The van der Waals surface area contributed by atoms with Crippen LogP contribution in [-0.2, 0) is 9.53 Å². The predicted octanol–water partition coefficient (Wildman–Crippen LogP) is 2.15. The largest absolute Gasteiger partial charge is 0.465 e. The lowest BCUT2D eigenvalue weighted by Gasteiger charge is -2.08. The van der Waals surface area contributed by atoms with Gasteiger partial charge in [-0.15, -0.1) is 0 Å².